The van der Waals surface area contributed by atoms with Gasteiger partial charge in [-0.3, -0.25) is 4.90 Å². The molecular formula is C16H26N2O. The molecule has 1 heterocycles. The van der Waals surface area contributed by atoms with Gasteiger partial charge >= 0.3 is 0 Å². The predicted octanol–water partition coefficient (Wildman–Crippen LogP) is 2.81. The van der Waals surface area contributed by atoms with Crippen LogP contribution in [-0.4, -0.2) is 30.1 Å². The van der Waals surface area contributed by atoms with E-state index in [0.717, 1.165) is 17.9 Å². The first-order chi connectivity index (χ1) is 9.00. The average molecular weight is 262 g/mol. The molecule has 1 aliphatic heterocycles. The third kappa shape index (κ3) is 3.10. The summed E-state index contributed by atoms with van der Waals surface area (Å²) in [6.45, 7) is 10.7. The highest BCUT2D eigenvalue weighted by Crippen LogP contribution is 2.33. The number of rotatable bonds is 4. The van der Waals surface area contributed by atoms with Crippen molar-refractivity contribution in [1.29, 1.82) is 0 Å². The summed E-state index contributed by atoms with van der Waals surface area (Å²) in [6.07, 6.45) is 0. The van der Waals surface area contributed by atoms with E-state index < -0.39 is 0 Å². The van der Waals surface area contributed by atoms with Crippen LogP contribution < -0.4 is 10.5 Å². The predicted molar refractivity (Wildman–Crippen MR) is 79.3 cm³/mol. The molecule has 2 unspecified atom stereocenters. The average Bonchev–Trinajstić information content (AvgIpc) is 2.37. The van der Waals surface area contributed by atoms with Gasteiger partial charge in [-0.1, -0.05) is 32.0 Å². The van der Waals surface area contributed by atoms with Crippen molar-refractivity contribution in [2.75, 3.05) is 13.2 Å². The maximum absolute atomic E-state index is 6.48. The summed E-state index contributed by atoms with van der Waals surface area (Å²) in [5.41, 5.74) is 7.62. The second-order valence-corrected chi connectivity index (χ2v) is 6.13. The molecule has 2 rings (SSSR count). The highest BCUT2D eigenvalue weighted by molar-refractivity contribution is 5.38. The van der Waals surface area contributed by atoms with Crippen LogP contribution in [0.3, 0.4) is 0 Å². The van der Waals surface area contributed by atoms with E-state index in [0.29, 0.717) is 18.6 Å². The minimum atomic E-state index is 0.0334. The van der Waals surface area contributed by atoms with Crippen molar-refractivity contribution in [2.45, 2.75) is 45.8 Å². The zero-order chi connectivity index (χ0) is 14.0. The number of benzene rings is 1. The fraction of sp³-hybridized carbons (Fsp3) is 0.625. The second kappa shape index (κ2) is 5.93. The summed E-state index contributed by atoms with van der Waals surface area (Å²) < 4.78 is 5.90. The molecule has 3 heteroatoms. The molecular weight excluding hydrogens is 236 g/mol. The molecule has 0 amide bonds. The Balaban J connectivity index is 2.21. The van der Waals surface area contributed by atoms with Crippen molar-refractivity contribution >= 4 is 0 Å². The molecule has 1 aliphatic rings. The summed E-state index contributed by atoms with van der Waals surface area (Å²) in [4.78, 5) is 2.48. The van der Waals surface area contributed by atoms with Crippen LogP contribution >= 0.6 is 0 Å². The SMILES string of the molecule is CC(C)CN(C(C)C)C1COc2ccccc2C1N. The van der Waals surface area contributed by atoms with E-state index in [4.69, 9.17) is 10.5 Å². The first-order valence-electron chi connectivity index (χ1n) is 7.23. The Morgan fingerprint density at radius 2 is 1.95 bits per heavy atom. The summed E-state index contributed by atoms with van der Waals surface area (Å²) in [6, 6.07) is 8.90. The van der Waals surface area contributed by atoms with Gasteiger partial charge in [0, 0.05) is 18.2 Å². The maximum atomic E-state index is 6.48. The number of nitrogens with two attached hydrogens (primary N) is 1. The number of fused-ring (bicyclic) bond motifs is 1. The molecule has 0 saturated carbocycles. The smallest absolute Gasteiger partial charge is 0.124 e. The number of hydrogen-bond donors (Lipinski definition) is 1. The minimum absolute atomic E-state index is 0.0334. The van der Waals surface area contributed by atoms with Gasteiger partial charge in [0.05, 0.1) is 12.1 Å². The summed E-state index contributed by atoms with van der Waals surface area (Å²) in [7, 11) is 0. The van der Waals surface area contributed by atoms with E-state index in [2.05, 4.69) is 38.7 Å². The molecule has 2 atom stereocenters. The van der Waals surface area contributed by atoms with Crippen LogP contribution in [-0.2, 0) is 0 Å². The van der Waals surface area contributed by atoms with Crippen molar-refractivity contribution in [2.24, 2.45) is 11.7 Å². The lowest BCUT2D eigenvalue weighted by Gasteiger charge is -2.42. The molecule has 19 heavy (non-hydrogen) atoms. The van der Waals surface area contributed by atoms with Crippen LogP contribution in [0.2, 0.25) is 0 Å². The van der Waals surface area contributed by atoms with Gasteiger partial charge in [0.25, 0.3) is 0 Å². The Hall–Kier alpha value is -1.06. The summed E-state index contributed by atoms with van der Waals surface area (Å²) >= 11 is 0. The highest BCUT2D eigenvalue weighted by Gasteiger charge is 2.33. The molecule has 0 aromatic heterocycles. The number of para-hydroxylation sites is 1. The summed E-state index contributed by atoms with van der Waals surface area (Å²) in [5.74, 6) is 1.58. The highest BCUT2D eigenvalue weighted by atomic mass is 16.5. The quantitative estimate of drug-likeness (QED) is 0.907. The third-order valence-corrected chi connectivity index (χ3v) is 3.77. The standard InChI is InChI=1S/C16H26N2O/c1-11(2)9-18(12(3)4)14-10-19-15-8-6-5-7-13(15)16(14)17/h5-8,11-12,14,16H,9-10,17H2,1-4H3. The molecule has 0 saturated heterocycles. The van der Waals surface area contributed by atoms with Crippen molar-refractivity contribution in [1.82, 2.24) is 4.90 Å². The van der Waals surface area contributed by atoms with Crippen molar-refractivity contribution in [3.05, 3.63) is 29.8 Å². The normalized spacial score (nSPS) is 22.7. The van der Waals surface area contributed by atoms with Crippen molar-refractivity contribution < 1.29 is 4.74 Å². The van der Waals surface area contributed by atoms with Gasteiger partial charge < -0.3 is 10.5 Å². The van der Waals surface area contributed by atoms with Crippen molar-refractivity contribution in [3.63, 3.8) is 0 Å². The van der Waals surface area contributed by atoms with E-state index in [9.17, 15) is 0 Å². The lowest BCUT2D eigenvalue weighted by atomic mass is 9.94. The summed E-state index contributed by atoms with van der Waals surface area (Å²) in [5, 5.41) is 0. The maximum Gasteiger partial charge on any atom is 0.124 e. The molecule has 0 spiro atoms. The van der Waals surface area contributed by atoms with Crippen LogP contribution in [0.4, 0.5) is 0 Å². The third-order valence-electron chi connectivity index (χ3n) is 3.77. The van der Waals surface area contributed by atoms with E-state index >= 15 is 0 Å². The Labute approximate surface area is 116 Å². The van der Waals surface area contributed by atoms with Crippen LogP contribution in [0.25, 0.3) is 0 Å². The fourth-order valence-electron chi connectivity index (χ4n) is 2.83. The van der Waals surface area contributed by atoms with Crippen molar-refractivity contribution in [3.8, 4) is 5.75 Å². The number of ether oxygens (including phenoxy) is 1. The van der Waals surface area contributed by atoms with Crippen LogP contribution in [0.1, 0.15) is 39.3 Å². The Morgan fingerprint density at radius 3 is 2.58 bits per heavy atom. The van der Waals surface area contributed by atoms with Gasteiger partial charge in [-0.05, 0) is 25.8 Å². The Morgan fingerprint density at radius 1 is 1.26 bits per heavy atom. The topological polar surface area (TPSA) is 38.5 Å². The van der Waals surface area contributed by atoms with E-state index in [-0.39, 0.29) is 12.1 Å². The van der Waals surface area contributed by atoms with Gasteiger partial charge in [0.1, 0.15) is 12.4 Å². The monoisotopic (exact) mass is 262 g/mol. The van der Waals surface area contributed by atoms with Crippen LogP contribution in [0.5, 0.6) is 5.75 Å². The molecule has 0 bridgehead atoms. The van der Waals surface area contributed by atoms with Gasteiger partial charge in [0.2, 0.25) is 0 Å². The largest absolute Gasteiger partial charge is 0.492 e. The van der Waals surface area contributed by atoms with Crippen LogP contribution in [0, 0.1) is 5.92 Å². The molecule has 3 nitrogen and oxygen atoms in total. The number of hydrogen-bond acceptors (Lipinski definition) is 3. The van der Waals surface area contributed by atoms with Crippen LogP contribution in [0.15, 0.2) is 24.3 Å². The van der Waals surface area contributed by atoms with Gasteiger partial charge in [-0.15, -0.1) is 0 Å². The zero-order valence-corrected chi connectivity index (χ0v) is 12.5. The molecule has 2 N–H and O–H groups in total. The Kier molecular flexibility index (Phi) is 4.48. The second-order valence-electron chi connectivity index (χ2n) is 6.13. The van der Waals surface area contributed by atoms with Gasteiger partial charge in [-0.2, -0.15) is 0 Å². The van der Waals surface area contributed by atoms with E-state index in [1.54, 1.807) is 0 Å². The molecule has 1 aromatic carbocycles. The van der Waals surface area contributed by atoms with E-state index in [1.165, 1.54) is 0 Å². The van der Waals surface area contributed by atoms with Gasteiger partial charge in [-0.25, -0.2) is 0 Å². The molecule has 106 valence electrons. The lowest BCUT2D eigenvalue weighted by molar-refractivity contribution is 0.0632. The molecule has 0 aliphatic carbocycles. The van der Waals surface area contributed by atoms with Gasteiger partial charge in [0.15, 0.2) is 0 Å². The molecule has 0 fully saturated rings. The van der Waals surface area contributed by atoms with E-state index in [1.807, 2.05) is 18.2 Å². The minimum Gasteiger partial charge on any atom is -0.492 e. The first-order valence-corrected chi connectivity index (χ1v) is 7.23. The first kappa shape index (κ1) is 14.4. The molecule has 0 radical (unpaired) electrons. The lowest BCUT2D eigenvalue weighted by Crippen LogP contribution is -2.52. The zero-order valence-electron chi connectivity index (χ0n) is 12.5. The molecule has 1 aromatic rings. The Bertz CT molecular complexity index is 417. The number of nitrogens with zero attached hydrogens (tertiary/aromatic N) is 1. The fourth-order valence-corrected chi connectivity index (χ4v) is 2.83.